The van der Waals surface area contributed by atoms with E-state index in [0.29, 0.717) is 0 Å². The Labute approximate surface area is 80.5 Å². The van der Waals surface area contributed by atoms with E-state index in [-0.39, 0.29) is 11.8 Å². The van der Waals surface area contributed by atoms with Crippen LogP contribution in [-0.4, -0.2) is 27.6 Å². The number of H-pyrrole nitrogens is 1. The van der Waals surface area contributed by atoms with Crippen LogP contribution in [0, 0.1) is 5.92 Å². The van der Waals surface area contributed by atoms with Gasteiger partial charge in [0.05, 0.1) is 11.9 Å². The van der Waals surface area contributed by atoms with Crippen molar-refractivity contribution in [3.05, 3.63) is 12.4 Å². The number of hydrogen-bond donors (Lipinski definition) is 2. The Hall–Kier alpha value is -0.970. The van der Waals surface area contributed by atoms with E-state index >= 15 is 0 Å². The van der Waals surface area contributed by atoms with Crippen LogP contribution in [0.2, 0.25) is 0 Å². The highest BCUT2D eigenvalue weighted by molar-refractivity contribution is 7.99. The van der Waals surface area contributed by atoms with Gasteiger partial charge in [-0.1, -0.05) is 0 Å². The number of nitrogens with one attached hydrogen (secondary N) is 2. The minimum Gasteiger partial charge on any atom is -0.323 e. The summed E-state index contributed by atoms with van der Waals surface area (Å²) in [7, 11) is 0. The molecule has 0 saturated carbocycles. The van der Waals surface area contributed by atoms with E-state index in [1.54, 1.807) is 12.4 Å². The molecule has 1 aliphatic rings. The summed E-state index contributed by atoms with van der Waals surface area (Å²) in [5.41, 5.74) is 0.752. The van der Waals surface area contributed by atoms with Crippen LogP contribution in [0.1, 0.15) is 6.42 Å². The zero-order valence-corrected chi connectivity index (χ0v) is 7.93. The molecule has 2 heterocycles. The number of aromatic nitrogens is 2. The van der Waals surface area contributed by atoms with Crippen molar-refractivity contribution in [2.45, 2.75) is 6.42 Å². The molecule has 13 heavy (non-hydrogen) atoms. The predicted molar refractivity (Wildman–Crippen MR) is 52.6 cm³/mol. The second-order valence-electron chi connectivity index (χ2n) is 3.04. The van der Waals surface area contributed by atoms with E-state index < -0.39 is 0 Å². The summed E-state index contributed by atoms with van der Waals surface area (Å²) < 4.78 is 0. The van der Waals surface area contributed by atoms with Crippen molar-refractivity contribution in [2.24, 2.45) is 5.92 Å². The first-order chi connectivity index (χ1) is 6.36. The van der Waals surface area contributed by atoms with Gasteiger partial charge < -0.3 is 5.32 Å². The van der Waals surface area contributed by atoms with Gasteiger partial charge in [0, 0.05) is 17.9 Å². The van der Waals surface area contributed by atoms with Gasteiger partial charge in [-0.25, -0.2) is 0 Å². The van der Waals surface area contributed by atoms with E-state index in [2.05, 4.69) is 15.5 Å². The van der Waals surface area contributed by atoms with Gasteiger partial charge in [-0.15, -0.1) is 0 Å². The summed E-state index contributed by atoms with van der Waals surface area (Å²) in [6, 6.07) is 0. The summed E-state index contributed by atoms with van der Waals surface area (Å²) in [5, 5.41) is 9.23. The lowest BCUT2D eigenvalue weighted by molar-refractivity contribution is -0.119. The van der Waals surface area contributed by atoms with Gasteiger partial charge >= 0.3 is 0 Å². The van der Waals surface area contributed by atoms with Crippen LogP contribution in [0.25, 0.3) is 0 Å². The molecule has 1 aromatic rings. The van der Waals surface area contributed by atoms with Gasteiger partial charge in [-0.3, -0.25) is 9.89 Å². The van der Waals surface area contributed by atoms with Crippen LogP contribution in [0.3, 0.4) is 0 Å². The van der Waals surface area contributed by atoms with E-state index in [1.807, 2.05) is 11.8 Å². The molecule has 5 heteroatoms. The summed E-state index contributed by atoms with van der Waals surface area (Å²) in [5.74, 6) is 2.35. The average molecular weight is 197 g/mol. The molecular weight excluding hydrogens is 186 g/mol. The number of thioether (sulfide) groups is 1. The second kappa shape index (κ2) is 3.83. The quantitative estimate of drug-likeness (QED) is 0.746. The third kappa shape index (κ3) is 2.03. The third-order valence-electron chi connectivity index (χ3n) is 2.07. The van der Waals surface area contributed by atoms with Crippen LogP contribution in [0.15, 0.2) is 12.4 Å². The smallest absolute Gasteiger partial charge is 0.228 e. The van der Waals surface area contributed by atoms with Gasteiger partial charge in [-0.2, -0.15) is 16.9 Å². The largest absolute Gasteiger partial charge is 0.323 e. The fraction of sp³-hybridized carbons (Fsp3) is 0.500. The minimum atomic E-state index is 0.117. The molecule has 1 fully saturated rings. The number of rotatable bonds is 2. The first kappa shape index (κ1) is 8.62. The molecule has 70 valence electrons. The molecule has 1 aliphatic heterocycles. The van der Waals surface area contributed by atoms with E-state index in [0.717, 1.165) is 23.6 Å². The Balaban J connectivity index is 1.91. The topological polar surface area (TPSA) is 57.8 Å². The van der Waals surface area contributed by atoms with E-state index in [4.69, 9.17) is 0 Å². The van der Waals surface area contributed by atoms with Crippen molar-refractivity contribution in [2.75, 3.05) is 16.8 Å². The number of anilines is 1. The molecule has 4 nitrogen and oxygen atoms in total. The Kier molecular flexibility index (Phi) is 2.54. The van der Waals surface area contributed by atoms with Crippen LogP contribution in [-0.2, 0) is 4.79 Å². The highest BCUT2D eigenvalue weighted by Crippen LogP contribution is 2.24. The Morgan fingerprint density at radius 3 is 3.31 bits per heavy atom. The molecule has 1 atom stereocenters. The maximum Gasteiger partial charge on any atom is 0.228 e. The Morgan fingerprint density at radius 2 is 2.69 bits per heavy atom. The molecule has 0 radical (unpaired) electrons. The molecule has 0 spiro atoms. The molecule has 0 aliphatic carbocycles. The highest BCUT2D eigenvalue weighted by atomic mass is 32.2. The SMILES string of the molecule is O=C(Nc1cn[nH]c1)C1CCSC1. The fourth-order valence-electron chi connectivity index (χ4n) is 1.30. The summed E-state index contributed by atoms with van der Waals surface area (Å²) in [6.45, 7) is 0. The van der Waals surface area contributed by atoms with Crippen molar-refractivity contribution >= 4 is 23.4 Å². The standard InChI is InChI=1S/C8H11N3OS/c12-8(6-1-2-13-5-6)11-7-3-9-10-4-7/h3-4,6H,1-2,5H2,(H,9,10)(H,11,12). The predicted octanol–water partition coefficient (Wildman–Crippen LogP) is 1.10. The number of nitrogens with zero attached hydrogens (tertiary/aromatic N) is 1. The average Bonchev–Trinajstić information content (AvgIpc) is 2.74. The van der Waals surface area contributed by atoms with E-state index in [1.165, 1.54) is 0 Å². The van der Waals surface area contributed by atoms with Crippen molar-refractivity contribution in [3.63, 3.8) is 0 Å². The molecule has 2 N–H and O–H groups in total. The number of amides is 1. The molecule has 2 rings (SSSR count). The molecule has 0 aromatic carbocycles. The van der Waals surface area contributed by atoms with Gasteiger partial charge in [0.15, 0.2) is 0 Å². The van der Waals surface area contributed by atoms with Gasteiger partial charge in [0.2, 0.25) is 5.91 Å². The van der Waals surface area contributed by atoms with Crippen LogP contribution < -0.4 is 5.32 Å². The highest BCUT2D eigenvalue weighted by Gasteiger charge is 2.23. The number of carbonyl (C=O) groups excluding carboxylic acids is 1. The fourth-order valence-corrected chi connectivity index (χ4v) is 2.53. The molecule has 1 amide bonds. The zero-order valence-electron chi connectivity index (χ0n) is 7.12. The Morgan fingerprint density at radius 1 is 1.77 bits per heavy atom. The summed E-state index contributed by atoms with van der Waals surface area (Å²) >= 11 is 1.84. The summed E-state index contributed by atoms with van der Waals surface area (Å²) in [4.78, 5) is 11.5. The van der Waals surface area contributed by atoms with Crippen molar-refractivity contribution in [3.8, 4) is 0 Å². The first-order valence-electron chi connectivity index (χ1n) is 4.23. The minimum absolute atomic E-state index is 0.117. The molecule has 1 aromatic heterocycles. The van der Waals surface area contributed by atoms with Gasteiger partial charge in [-0.05, 0) is 12.2 Å². The third-order valence-corrected chi connectivity index (χ3v) is 3.23. The maximum absolute atomic E-state index is 11.5. The second-order valence-corrected chi connectivity index (χ2v) is 4.19. The molecule has 0 bridgehead atoms. The van der Waals surface area contributed by atoms with Crippen molar-refractivity contribution in [1.82, 2.24) is 10.2 Å². The Bertz CT molecular complexity index is 280. The lowest BCUT2D eigenvalue weighted by Gasteiger charge is -2.06. The molecule has 1 saturated heterocycles. The normalized spacial score (nSPS) is 21.7. The molecular formula is C8H11N3OS. The van der Waals surface area contributed by atoms with Gasteiger partial charge in [0.1, 0.15) is 0 Å². The van der Waals surface area contributed by atoms with Crippen molar-refractivity contribution in [1.29, 1.82) is 0 Å². The lowest BCUT2D eigenvalue weighted by atomic mass is 10.1. The van der Waals surface area contributed by atoms with E-state index in [9.17, 15) is 4.79 Å². The van der Waals surface area contributed by atoms with Gasteiger partial charge in [0.25, 0.3) is 0 Å². The molecule has 1 unspecified atom stereocenters. The lowest BCUT2D eigenvalue weighted by Crippen LogP contribution is -2.21. The number of aromatic amines is 1. The zero-order chi connectivity index (χ0) is 9.10. The maximum atomic E-state index is 11.5. The number of hydrogen-bond acceptors (Lipinski definition) is 3. The first-order valence-corrected chi connectivity index (χ1v) is 5.39. The van der Waals surface area contributed by atoms with Crippen LogP contribution >= 0.6 is 11.8 Å². The number of carbonyl (C=O) groups is 1. The van der Waals surface area contributed by atoms with Crippen molar-refractivity contribution < 1.29 is 4.79 Å². The summed E-state index contributed by atoms with van der Waals surface area (Å²) in [6.07, 6.45) is 4.29. The monoisotopic (exact) mass is 197 g/mol. The van der Waals surface area contributed by atoms with Crippen LogP contribution in [0.4, 0.5) is 5.69 Å². The van der Waals surface area contributed by atoms with Crippen LogP contribution in [0.5, 0.6) is 0 Å².